The molecule has 4 nitrogen and oxygen atoms in total. The van der Waals surface area contributed by atoms with Crippen LogP contribution in [-0.2, 0) is 6.54 Å². The zero-order chi connectivity index (χ0) is 11.4. The lowest BCUT2D eigenvalue weighted by Crippen LogP contribution is -2.03. The summed E-state index contributed by atoms with van der Waals surface area (Å²) >= 11 is 3.27. The van der Waals surface area contributed by atoms with Crippen LogP contribution in [0, 0.1) is 0 Å². The van der Waals surface area contributed by atoms with Crippen LogP contribution in [0.5, 0.6) is 5.75 Å². The number of hydrogen-bond donors (Lipinski definition) is 2. The molecule has 2 aromatic rings. The van der Waals surface area contributed by atoms with Gasteiger partial charge in [0.2, 0.25) is 0 Å². The largest absolute Gasteiger partial charge is 0.508 e. The number of nitrogens with zero attached hydrogens (tertiary/aromatic N) is 2. The number of phenols is 1. The molecule has 5 heteroatoms. The van der Waals surface area contributed by atoms with E-state index in [4.69, 9.17) is 0 Å². The van der Waals surface area contributed by atoms with Crippen molar-refractivity contribution in [3.63, 3.8) is 0 Å². The number of nitrogens with one attached hydrogen (secondary N) is 1. The molecule has 0 atom stereocenters. The number of benzene rings is 1. The van der Waals surface area contributed by atoms with Gasteiger partial charge in [0.1, 0.15) is 11.6 Å². The van der Waals surface area contributed by atoms with Gasteiger partial charge in [-0.15, -0.1) is 0 Å². The molecule has 0 unspecified atom stereocenters. The van der Waals surface area contributed by atoms with Crippen molar-refractivity contribution in [3.05, 3.63) is 47.0 Å². The lowest BCUT2D eigenvalue weighted by atomic mass is 10.3. The Bertz CT molecular complexity index is 473. The van der Waals surface area contributed by atoms with Gasteiger partial charge in [0.05, 0.1) is 11.0 Å². The van der Waals surface area contributed by atoms with Crippen molar-refractivity contribution in [1.29, 1.82) is 0 Å². The van der Waals surface area contributed by atoms with Gasteiger partial charge in [0.25, 0.3) is 0 Å². The van der Waals surface area contributed by atoms with Crippen LogP contribution in [0.2, 0.25) is 0 Å². The Morgan fingerprint density at radius 2 is 2.00 bits per heavy atom. The van der Waals surface area contributed by atoms with Crippen molar-refractivity contribution >= 4 is 21.6 Å². The Labute approximate surface area is 102 Å². The molecule has 1 aromatic heterocycles. The fraction of sp³-hybridized carbons (Fsp3) is 0.0909. The van der Waals surface area contributed by atoms with E-state index in [0.717, 1.165) is 10.2 Å². The van der Waals surface area contributed by atoms with Gasteiger partial charge >= 0.3 is 0 Å². The van der Waals surface area contributed by atoms with Crippen LogP contribution in [0.15, 0.2) is 41.1 Å². The second kappa shape index (κ2) is 4.94. The molecular formula is C11H10BrN3O. The van der Waals surface area contributed by atoms with Crippen LogP contribution < -0.4 is 5.32 Å². The van der Waals surface area contributed by atoms with E-state index in [1.54, 1.807) is 30.6 Å². The Morgan fingerprint density at radius 3 is 2.69 bits per heavy atom. The van der Waals surface area contributed by atoms with Crippen LogP contribution in [0.3, 0.4) is 0 Å². The molecule has 0 fully saturated rings. The van der Waals surface area contributed by atoms with Crippen LogP contribution in [-0.4, -0.2) is 15.1 Å². The first kappa shape index (κ1) is 10.9. The van der Waals surface area contributed by atoms with Gasteiger partial charge in [-0.3, -0.25) is 0 Å². The molecule has 2 N–H and O–H groups in total. The molecule has 0 bridgehead atoms. The summed E-state index contributed by atoms with van der Waals surface area (Å²) in [7, 11) is 0. The lowest BCUT2D eigenvalue weighted by Gasteiger charge is -2.05. The van der Waals surface area contributed by atoms with Gasteiger partial charge in [-0.05, 0) is 28.1 Å². The lowest BCUT2D eigenvalue weighted by molar-refractivity contribution is 0.475. The average molecular weight is 280 g/mol. The minimum absolute atomic E-state index is 0.238. The number of rotatable bonds is 3. The minimum Gasteiger partial charge on any atom is -0.508 e. The number of aromatic hydroxyl groups is 1. The third-order valence-electron chi connectivity index (χ3n) is 1.97. The third kappa shape index (κ3) is 2.93. The first-order chi connectivity index (χ1) is 7.74. The van der Waals surface area contributed by atoms with Crippen molar-refractivity contribution in [1.82, 2.24) is 9.97 Å². The van der Waals surface area contributed by atoms with Gasteiger partial charge in [0, 0.05) is 24.1 Å². The second-order valence-corrected chi connectivity index (χ2v) is 4.14. The van der Waals surface area contributed by atoms with Crippen molar-refractivity contribution in [2.45, 2.75) is 6.54 Å². The molecule has 0 aliphatic heterocycles. The number of halogens is 1. The van der Waals surface area contributed by atoms with Crippen molar-refractivity contribution in [2.24, 2.45) is 0 Å². The summed E-state index contributed by atoms with van der Waals surface area (Å²) in [6.45, 7) is 0.525. The SMILES string of the molecule is Oc1cccc(NCc2ncc(Br)cn2)c1. The summed E-state index contributed by atoms with van der Waals surface area (Å²) in [4.78, 5) is 8.27. The number of anilines is 1. The molecule has 0 saturated heterocycles. The molecule has 0 radical (unpaired) electrons. The summed E-state index contributed by atoms with van der Waals surface area (Å²) in [5.41, 5.74) is 0.839. The molecular weight excluding hydrogens is 270 g/mol. The zero-order valence-electron chi connectivity index (χ0n) is 8.39. The second-order valence-electron chi connectivity index (χ2n) is 3.22. The summed E-state index contributed by atoms with van der Waals surface area (Å²) < 4.78 is 0.855. The van der Waals surface area contributed by atoms with Gasteiger partial charge < -0.3 is 10.4 Å². The molecule has 0 amide bonds. The Hall–Kier alpha value is -1.62. The Balaban J connectivity index is 1.99. The predicted octanol–water partition coefficient (Wildman–Crippen LogP) is 2.56. The normalized spacial score (nSPS) is 10.1. The molecule has 0 saturated carbocycles. The van der Waals surface area contributed by atoms with Gasteiger partial charge in [0.15, 0.2) is 0 Å². The Kier molecular flexibility index (Phi) is 3.36. The highest BCUT2D eigenvalue weighted by Gasteiger charge is 1.97. The molecule has 0 spiro atoms. The van der Waals surface area contributed by atoms with Crippen LogP contribution in [0.4, 0.5) is 5.69 Å². The molecule has 1 aromatic carbocycles. The Morgan fingerprint density at radius 1 is 1.25 bits per heavy atom. The monoisotopic (exact) mass is 279 g/mol. The van der Waals surface area contributed by atoms with Crippen LogP contribution >= 0.6 is 15.9 Å². The van der Waals surface area contributed by atoms with Gasteiger partial charge in [-0.2, -0.15) is 0 Å². The maximum atomic E-state index is 9.27. The third-order valence-corrected chi connectivity index (χ3v) is 2.38. The van der Waals surface area contributed by atoms with E-state index >= 15 is 0 Å². The van der Waals surface area contributed by atoms with E-state index in [0.29, 0.717) is 12.4 Å². The predicted molar refractivity (Wildman–Crippen MR) is 65.2 cm³/mol. The highest BCUT2D eigenvalue weighted by Crippen LogP contribution is 2.15. The molecule has 16 heavy (non-hydrogen) atoms. The first-order valence-corrected chi connectivity index (χ1v) is 5.53. The van der Waals surface area contributed by atoms with Gasteiger partial charge in [-0.1, -0.05) is 6.07 Å². The summed E-state index contributed by atoms with van der Waals surface area (Å²) in [6.07, 6.45) is 3.40. The quantitative estimate of drug-likeness (QED) is 0.907. The minimum atomic E-state index is 0.238. The number of hydrogen-bond acceptors (Lipinski definition) is 4. The summed E-state index contributed by atoms with van der Waals surface area (Å²) in [5, 5.41) is 12.4. The van der Waals surface area contributed by atoms with E-state index < -0.39 is 0 Å². The number of phenolic OH excluding ortho intramolecular Hbond substituents is 1. The molecule has 2 rings (SSSR count). The zero-order valence-corrected chi connectivity index (χ0v) is 9.98. The first-order valence-electron chi connectivity index (χ1n) is 4.73. The molecule has 0 aliphatic carbocycles. The standard InChI is InChI=1S/C11H10BrN3O/c12-8-5-14-11(15-6-8)7-13-9-2-1-3-10(16)4-9/h1-6,13,16H,7H2. The van der Waals surface area contributed by atoms with Gasteiger partial charge in [-0.25, -0.2) is 9.97 Å². The van der Waals surface area contributed by atoms with E-state index in [2.05, 4.69) is 31.2 Å². The van der Waals surface area contributed by atoms with E-state index in [1.165, 1.54) is 0 Å². The maximum Gasteiger partial charge on any atom is 0.147 e. The fourth-order valence-electron chi connectivity index (χ4n) is 1.23. The number of aromatic nitrogens is 2. The highest BCUT2D eigenvalue weighted by molar-refractivity contribution is 9.10. The average Bonchev–Trinajstić information content (AvgIpc) is 2.28. The van der Waals surface area contributed by atoms with Crippen LogP contribution in [0.25, 0.3) is 0 Å². The van der Waals surface area contributed by atoms with E-state index in [-0.39, 0.29) is 5.75 Å². The maximum absolute atomic E-state index is 9.27. The van der Waals surface area contributed by atoms with Crippen LogP contribution in [0.1, 0.15) is 5.82 Å². The van der Waals surface area contributed by atoms with Crippen molar-refractivity contribution < 1.29 is 5.11 Å². The van der Waals surface area contributed by atoms with E-state index in [1.807, 2.05) is 6.07 Å². The topological polar surface area (TPSA) is 58.0 Å². The molecule has 82 valence electrons. The summed E-state index contributed by atoms with van der Waals surface area (Å²) in [5.74, 6) is 0.938. The molecule has 1 heterocycles. The fourth-order valence-corrected chi connectivity index (χ4v) is 1.43. The van der Waals surface area contributed by atoms with Crippen molar-refractivity contribution in [3.8, 4) is 5.75 Å². The summed E-state index contributed by atoms with van der Waals surface area (Å²) in [6, 6.07) is 6.93. The van der Waals surface area contributed by atoms with E-state index in [9.17, 15) is 5.11 Å². The molecule has 0 aliphatic rings. The highest BCUT2D eigenvalue weighted by atomic mass is 79.9. The smallest absolute Gasteiger partial charge is 0.147 e. The van der Waals surface area contributed by atoms with Crippen molar-refractivity contribution in [2.75, 3.05) is 5.32 Å².